The molecule has 0 aliphatic carbocycles. The molecule has 190 valence electrons. The summed E-state index contributed by atoms with van der Waals surface area (Å²) < 4.78 is 1.95. The molecule has 0 atom stereocenters. The second-order valence-electron chi connectivity index (χ2n) is 9.11. The van der Waals surface area contributed by atoms with Gasteiger partial charge in [0.15, 0.2) is 5.78 Å². The van der Waals surface area contributed by atoms with E-state index in [1.165, 1.54) is 10.4 Å². The maximum atomic E-state index is 13.2. The molecule has 0 saturated carbocycles. The normalized spacial score (nSPS) is 11.4. The van der Waals surface area contributed by atoms with Crippen molar-refractivity contribution < 1.29 is 4.79 Å². The second-order valence-corrected chi connectivity index (χ2v) is 11.3. The molecule has 0 fully saturated rings. The summed E-state index contributed by atoms with van der Waals surface area (Å²) >= 11 is 3.17. The molecule has 3 aromatic carbocycles. The number of nitrogens with zero attached hydrogens (tertiary/aromatic N) is 3. The number of allylic oxidation sites excluding steroid dienone is 1. The largest absolute Gasteiger partial charge is 0.288 e. The smallest absolute Gasteiger partial charge is 0.195 e. The Balaban J connectivity index is 1.34. The Bertz CT molecular complexity index is 1780. The summed E-state index contributed by atoms with van der Waals surface area (Å²) in [6.07, 6.45) is 6.22. The first-order chi connectivity index (χ1) is 19.2. The van der Waals surface area contributed by atoms with Crippen LogP contribution in [0.25, 0.3) is 22.7 Å². The second kappa shape index (κ2) is 11.2. The minimum Gasteiger partial charge on any atom is -0.288 e. The average molecular weight is 544 g/mol. The highest BCUT2D eigenvalue weighted by Crippen LogP contribution is 2.37. The molecule has 3 aromatic heterocycles. The third-order valence-corrected chi connectivity index (χ3v) is 8.63. The van der Waals surface area contributed by atoms with Crippen LogP contribution in [0.2, 0.25) is 0 Å². The average Bonchev–Trinajstić information content (AvgIpc) is 3.57. The van der Waals surface area contributed by atoms with Gasteiger partial charge in [-0.25, -0.2) is 4.68 Å². The molecule has 0 amide bonds. The maximum absolute atomic E-state index is 13.2. The number of ketones is 1. The van der Waals surface area contributed by atoms with Gasteiger partial charge in [-0.15, -0.1) is 11.3 Å². The van der Waals surface area contributed by atoms with E-state index in [-0.39, 0.29) is 5.78 Å². The Hall–Kier alpha value is -4.26. The van der Waals surface area contributed by atoms with Crippen LogP contribution in [-0.4, -0.2) is 20.5 Å². The predicted octanol–water partition coefficient (Wildman–Crippen LogP) is 8.43. The van der Waals surface area contributed by atoms with Gasteiger partial charge in [0.25, 0.3) is 0 Å². The molecule has 0 aliphatic heterocycles. The molecule has 0 N–H and O–H groups in total. The molecule has 6 rings (SSSR count). The number of aryl methyl sites for hydroxylation is 1. The highest BCUT2D eigenvalue weighted by atomic mass is 32.2. The SMILES string of the molecule is Cc1nn(-c2ccccc2)c(Sc2cccc3cccnc23)c1/C=C/C(=O)c1ccc(Cc2ccccc2)s1. The van der Waals surface area contributed by atoms with E-state index in [4.69, 9.17) is 5.10 Å². The number of fused-ring (bicyclic) bond motifs is 1. The summed E-state index contributed by atoms with van der Waals surface area (Å²) in [5.74, 6) is -0.00560. The number of rotatable bonds is 8. The number of hydrogen-bond donors (Lipinski definition) is 0. The van der Waals surface area contributed by atoms with Crippen molar-refractivity contribution in [1.82, 2.24) is 14.8 Å². The third-order valence-electron chi connectivity index (χ3n) is 6.39. The topological polar surface area (TPSA) is 47.8 Å². The molecule has 0 bridgehead atoms. The van der Waals surface area contributed by atoms with Crippen molar-refractivity contribution in [2.24, 2.45) is 0 Å². The van der Waals surface area contributed by atoms with Crippen LogP contribution < -0.4 is 0 Å². The van der Waals surface area contributed by atoms with Crippen LogP contribution in [0.3, 0.4) is 0 Å². The van der Waals surface area contributed by atoms with E-state index in [0.717, 1.165) is 49.1 Å². The number of hydrogen-bond acceptors (Lipinski definition) is 5. The van der Waals surface area contributed by atoms with Crippen LogP contribution in [0.4, 0.5) is 0 Å². The fourth-order valence-corrected chi connectivity index (χ4v) is 6.60. The zero-order valence-corrected chi connectivity index (χ0v) is 23.0. The highest BCUT2D eigenvalue weighted by Gasteiger charge is 2.18. The van der Waals surface area contributed by atoms with Crippen molar-refractivity contribution in [1.29, 1.82) is 0 Å². The van der Waals surface area contributed by atoms with Crippen molar-refractivity contribution in [3.63, 3.8) is 0 Å². The lowest BCUT2D eigenvalue weighted by atomic mass is 10.1. The van der Waals surface area contributed by atoms with E-state index < -0.39 is 0 Å². The van der Waals surface area contributed by atoms with Gasteiger partial charge in [0.1, 0.15) is 5.03 Å². The van der Waals surface area contributed by atoms with Gasteiger partial charge in [-0.05, 0) is 61.0 Å². The number of thiophene rings is 1. The highest BCUT2D eigenvalue weighted by molar-refractivity contribution is 7.99. The van der Waals surface area contributed by atoms with Crippen LogP contribution in [-0.2, 0) is 6.42 Å². The lowest BCUT2D eigenvalue weighted by molar-refractivity contribution is 0.105. The summed E-state index contributed by atoms with van der Waals surface area (Å²) in [7, 11) is 0. The van der Waals surface area contributed by atoms with E-state index in [2.05, 4.69) is 35.3 Å². The van der Waals surface area contributed by atoms with Crippen LogP contribution >= 0.6 is 23.1 Å². The number of para-hydroxylation sites is 2. The van der Waals surface area contributed by atoms with Crippen molar-refractivity contribution in [3.05, 3.63) is 142 Å². The van der Waals surface area contributed by atoms with Crippen LogP contribution in [0.15, 0.2) is 125 Å². The van der Waals surface area contributed by atoms with Crippen LogP contribution in [0, 0.1) is 6.92 Å². The first-order valence-corrected chi connectivity index (χ1v) is 14.3. The third kappa shape index (κ3) is 5.48. The van der Waals surface area contributed by atoms with Gasteiger partial charge < -0.3 is 0 Å². The number of pyridine rings is 1. The molecule has 0 radical (unpaired) electrons. The molecule has 0 unspecified atom stereocenters. The Morgan fingerprint density at radius 3 is 2.49 bits per heavy atom. The maximum Gasteiger partial charge on any atom is 0.195 e. The molecule has 3 heterocycles. The van der Waals surface area contributed by atoms with Gasteiger partial charge in [-0.1, -0.05) is 78.5 Å². The van der Waals surface area contributed by atoms with Gasteiger partial charge in [0, 0.05) is 33.3 Å². The number of benzene rings is 3. The molecule has 0 spiro atoms. The fourth-order valence-electron chi connectivity index (χ4n) is 4.46. The van der Waals surface area contributed by atoms with Gasteiger partial charge >= 0.3 is 0 Å². The molecule has 39 heavy (non-hydrogen) atoms. The Morgan fingerprint density at radius 1 is 0.897 bits per heavy atom. The van der Waals surface area contributed by atoms with Gasteiger partial charge in [-0.3, -0.25) is 9.78 Å². The molecular formula is C33H25N3OS2. The van der Waals surface area contributed by atoms with Gasteiger partial charge in [0.05, 0.1) is 21.8 Å². The predicted molar refractivity (Wildman–Crippen MR) is 161 cm³/mol. The van der Waals surface area contributed by atoms with Crippen LogP contribution in [0.5, 0.6) is 0 Å². The number of aromatic nitrogens is 3. The lowest BCUT2D eigenvalue weighted by Crippen LogP contribution is -1.98. The summed E-state index contributed by atoms with van der Waals surface area (Å²) in [5.41, 5.74) is 4.92. The van der Waals surface area contributed by atoms with Gasteiger partial charge in [-0.2, -0.15) is 5.10 Å². The Morgan fingerprint density at radius 2 is 1.67 bits per heavy atom. The number of carbonyl (C=O) groups excluding carboxylic acids is 1. The molecule has 0 aliphatic rings. The summed E-state index contributed by atoms with van der Waals surface area (Å²) in [6.45, 7) is 1.98. The zero-order valence-electron chi connectivity index (χ0n) is 21.3. The molecule has 4 nitrogen and oxygen atoms in total. The van der Waals surface area contributed by atoms with Gasteiger partial charge in [0.2, 0.25) is 0 Å². The Kier molecular flexibility index (Phi) is 7.21. The molecule has 6 heteroatoms. The van der Waals surface area contributed by atoms with Crippen LogP contribution in [0.1, 0.15) is 31.4 Å². The first-order valence-electron chi connectivity index (χ1n) is 12.7. The summed E-state index contributed by atoms with van der Waals surface area (Å²) in [4.78, 5) is 20.8. The van der Waals surface area contributed by atoms with Crippen molar-refractivity contribution >= 4 is 45.9 Å². The minimum absolute atomic E-state index is 0.00560. The summed E-state index contributed by atoms with van der Waals surface area (Å²) in [6, 6.07) is 34.6. The molecule has 6 aromatic rings. The van der Waals surface area contributed by atoms with E-state index in [1.807, 2.05) is 96.7 Å². The monoisotopic (exact) mass is 543 g/mol. The number of carbonyl (C=O) groups is 1. The van der Waals surface area contributed by atoms with E-state index >= 15 is 0 Å². The van der Waals surface area contributed by atoms with Crippen molar-refractivity contribution in [2.45, 2.75) is 23.3 Å². The lowest BCUT2D eigenvalue weighted by Gasteiger charge is -2.10. The Labute approximate surface area is 235 Å². The zero-order chi connectivity index (χ0) is 26.6. The summed E-state index contributed by atoms with van der Waals surface area (Å²) in [5, 5.41) is 6.90. The molecule has 0 saturated heterocycles. The molecular weight excluding hydrogens is 519 g/mol. The first kappa shape index (κ1) is 25.0. The van der Waals surface area contributed by atoms with E-state index in [0.29, 0.717) is 0 Å². The fraction of sp³-hybridized carbons (Fsp3) is 0.0606. The quantitative estimate of drug-likeness (QED) is 0.143. The van der Waals surface area contributed by atoms with Crippen molar-refractivity contribution in [3.8, 4) is 5.69 Å². The minimum atomic E-state index is -0.00560. The standard InChI is InChI=1S/C33H25N3OS2/c1-23-28(18-19-29(37)30-20-17-27(38-30)22-24-10-4-2-5-11-24)33(36(35-23)26-14-6-3-7-15-26)39-31-16-8-12-25-13-9-21-34-32(25)31/h2-21H,22H2,1H3/b19-18+. The van der Waals surface area contributed by atoms with Crippen molar-refractivity contribution in [2.75, 3.05) is 0 Å². The van der Waals surface area contributed by atoms with E-state index in [1.54, 1.807) is 29.2 Å². The van der Waals surface area contributed by atoms with E-state index in [9.17, 15) is 4.79 Å².